The minimum atomic E-state index is -1.39. The van der Waals surface area contributed by atoms with Gasteiger partial charge in [0.15, 0.2) is 0 Å². The molecule has 0 aliphatic carbocycles. The highest BCUT2D eigenvalue weighted by atomic mass is 28.4. The van der Waals surface area contributed by atoms with E-state index in [0.29, 0.717) is 0 Å². The van der Waals surface area contributed by atoms with Crippen LogP contribution in [0.5, 0.6) is 0 Å². The fraction of sp³-hybridized carbons (Fsp3) is 0.500. The third kappa shape index (κ3) is 12.4. The van der Waals surface area contributed by atoms with Crippen molar-refractivity contribution in [2.24, 2.45) is 0 Å². The van der Waals surface area contributed by atoms with Gasteiger partial charge in [-0.3, -0.25) is 0 Å². The van der Waals surface area contributed by atoms with Crippen LogP contribution in [-0.2, 0) is 8.89 Å². The zero-order valence-electron chi connectivity index (χ0n) is 8.39. The Morgan fingerprint density at radius 2 is 1.75 bits per heavy atom. The summed E-state index contributed by atoms with van der Waals surface area (Å²) in [6, 6.07) is 0. The van der Waals surface area contributed by atoms with Crippen molar-refractivity contribution in [2.45, 2.75) is 19.6 Å². The van der Waals surface area contributed by atoms with Crippen molar-refractivity contribution in [3.8, 4) is 0 Å². The van der Waals surface area contributed by atoms with Gasteiger partial charge in [0.2, 0.25) is 8.32 Å². The summed E-state index contributed by atoms with van der Waals surface area (Å²) in [6.45, 7) is 12.8. The molecule has 0 radical (unpaired) electrons. The van der Waals surface area contributed by atoms with Gasteiger partial charge in [0.05, 0.1) is 0 Å². The standard InChI is InChI=1S/C5H12OSi.C3H6OSi/c1-5-7(3,4)6-2;1-3-5(2)4/h5H,1H2,2-4H3;3H,1H2,2H3. The summed E-state index contributed by atoms with van der Waals surface area (Å²) in [4.78, 5) is 0. The van der Waals surface area contributed by atoms with Crippen LogP contribution in [0.15, 0.2) is 24.6 Å². The minimum absolute atomic E-state index is 1.36. The summed E-state index contributed by atoms with van der Waals surface area (Å²) in [5.74, 6) is 0. The molecular weight excluding hydrogens is 184 g/mol. The van der Waals surface area contributed by atoms with E-state index in [1.807, 2.05) is 5.70 Å². The Morgan fingerprint density at radius 1 is 1.42 bits per heavy atom. The first-order valence-electron chi connectivity index (χ1n) is 3.71. The molecule has 4 heteroatoms. The Balaban J connectivity index is 0. The normalized spacial score (nSPS) is 9.33. The van der Waals surface area contributed by atoms with Crippen LogP contribution in [-0.4, -0.2) is 24.1 Å². The fourth-order valence-corrected chi connectivity index (χ4v) is 0.250. The van der Waals surface area contributed by atoms with Crippen molar-refractivity contribution in [1.29, 1.82) is 0 Å². The number of hydrogen-bond acceptors (Lipinski definition) is 2. The first kappa shape index (κ1) is 14.2. The first-order valence-corrected chi connectivity index (χ1v) is 8.68. The molecule has 0 rings (SSSR count). The molecule has 0 N–H and O–H groups in total. The Kier molecular flexibility index (Phi) is 8.68. The molecule has 0 atom stereocenters. The van der Waals surface area contributed by atoms with E-state index in [4.69, 9.17) is 4.43 Å². The Hall–Kier alpha value is -0.326. The van der Waals surface area contributed by atoms with E-state index in [1.54, 1.807) is 13.7 Å². The van der Waals surface area contributed by atoms with Crippen LogP contribution in [0.25, 0.3) is 0 Å². The summed E-state index contributed by atoms with van der Waals surface area (Å²) in [5, 5.41) is 0. The Morgan fingerprint density at radius 3 is 1.75 bits per heavy atom. The highest BCUT2D eigenvalue weighted by Crippen LogP contribution is 2.00. The van der Waals surface area contributed by atoms with Gasteiger partial charge >= 0.3 is 0 Å². The third-order valence-corrected chi connectivity index (χ3v) is 3.92. The molecule has 0 aromatic rings. The predicted molar refractivity (Wildman–Crippen MR) is 57.2 cm³/mol. The third-order valence-electron chi connectivity index (χ3n) is 1.31. The molecule has 0 aromatic heterocycles. The maximum absolute atomic E-state index is 9.88. The lowest BCUT2D eigenvalue weighted by Crippen LogP contribution is -2.24. The van der Waals surface area contributed by atoms with Gasteiger partial charge in [-0.05, 0) is 25.3 Å². The van der Waals surface area contributed by atoms with Crippen molar-refractivity contribution in [3.63, 3.8) is 0 Å². The van der Waals surface area contributed by atoms with Gasteiger partial charge in [-0.1, -0.05) is 5.70 Å². The maximum atomic E-state index is 9.88. The second kappa shape index (κ2) is 7.33. The molecule has 0 fully saturated rings. The molecule has 0 aliphatic rings. The van der Waals surface area contributed by atoms with Gasteiger partial charge in [-0.2, -0.15) is 0 Å². The van der Waals surface area contributed by atoms with Crippen LogP contribution >= 0.6 is 0 Å². The molecule has 0 saturated carbocycles. The van der Waals surface area contributed by atoms with Gasteiger partial charge in [0.1, 0.15) is 0 Å². The van der Waals surface area contributed by atoms with E-state index < -0.39 is 17.0 Å². The predicted octanol–water partition coefficient (Wildman–Crippen LogP) is 2.33. The molecule has 70 valence electrons. The van der Waals surface area contributed by atoms with Crippen LogP contribution in [0.4, 0.5) is 0 Å². The molecule has 0 aliphatic heterocycles. The first-order chi connectivity index (χ1) is 5.39. The summed E-state index contributed by atoms with van der Waals surface area (Å²) in [5.41, 5.74) is 3.37. The van der Waals surface area contributed by atoms with Crippen LogP contribution in [0.2, 0.25) is 19.6 Å². The lowest BCUT2D eigenvalue weighted by atomic mass is 11.3. The van der Waals surface area contributed by atoms with Crippen molar-refractivity contribution in [1.82, 2.24) is 0 Å². The molecule has 2 nitrogen and oxygen atoms in total. The summed E-state index contributed by atoms with van der Waals surface area (Å²) < 4.78 is 15.0. The van der Waals surface area contributed by atoms with Crippen molar-refractivity contribution in [3.05, 3.63) is 24.6 Å². The van der Waals surface area contributed by atoms with Gasteiger partial charge < -0.3 is 8.89 Å². The highest BCUT2D eigenvalue weighted by molar-refractivity contribution is 6.76. The van der Waals surface area contributed by atoms with Crippen LogP contribution in [0.3, 0.4) is 0 Å². The van der Waals surface area contributed by atoms with E-state index in [-0.39, 0.29) is 0 Å². The fourth-order valence-electron chi connectivity index (χ4n) is 0.0833. The molecule has 0 unspecified atom stereocenters. The Bertz CT molecular complexity index is 164. The van der Waals surface area contributed by atoms with Gasteiger partial charge in [-0.15, -0.1) is 13.2 Å². The van der Waals surface area contributed by atoms with Crippen molar-refractivity contribution < 1.29 is 8.89 Å². The second-order valence-electron chi connectivity index (χ2n) is 2.83. The quantitative estimate of drug-likeness (QED) is 0.657. The number of hydrogen-bond donors (Lipinski definition) is 0. The van der Waals surface area contributed by atoms with E-state index in [0.717, 1.165) is 0 Å². The van der Waals surface area contributed by atoms with Gasteiger partial charge in [-0.25, -0.2) is 0 Å². The minimum Gasteiger partial charge on any atom is -0.417 e. The molecule has 0 bridgehead atoms. The largest absolute Gasteiger partial charge is 0.417 e. The van der Waals surface area contributed by atoms with Gasteiger partial charge in [0, 0.05) is 7.11 Å². The molecule has 0 saturated heterocycles. The summed E-state index contributed by atoms with van der Waals surface area (Å²) in [6.07, 6.45) is 0. The lowest BCUT2D eigenvalue weighted by Gasteiger charge is -2.12. The van der Waals surface area contributed by atoms with Crippen molar-refractivity contribution in [2.75, 3.05) is 7.11 Å². The van der Waals surface area contributed by atoms with Crippen LogP contribution in [0.1, 0.15) is 0 Å². The Labute approximate surface area is 77.7 Å². The topological polar surface area (TPSA) is 26.3 Å². The van der Waals surface area contributed by atoms with Gasteiger partial charge in [0.25, 0.3) is 8.68 Å². The van der Waals surface area contributed by atoms with E-state index in [2.05, 4.69) is 26.3 Å². The van der Waals surface area contributed by atoms with Crippen LogP contribution < -0.4 is 0 Å². The zero-order chi connectivity index (χ0) is 10.2. The highest BCUT2D eigenvalue weighted by Gasteiger charge is 2.13. The smallest absolute Gasteiger partial charge is 0.300 e. The lowest BCUT2D eigenvalue weighted by molar-refractivity contribution is 0.415. The second-order valence-corrected chi connectivity index (χ2v) is 8.48. The van der Waals surface area contributed by atoms with E-state index in [9.17, 15) is 4.46 Å². The molecule has 12 heavy (non-hydrogen) atoms. The molecular formula is C8H18O2Si2. The molecule has 0 heterocycles. The monoisotopic (exact) mass is 202 g/mol. The van der Waals surface area contributed by atoms with E-state index >= 15 is 0 Å². The van der Waals surface area contributed by atoms with Crippen LogP contribution in [0, 0.1) is 0 Å². The molecule has 0 amide bonds. The average Bonchev–Trinajstić information content (AvgIpc) is 2.05. The van der Waals surface area contributed by atoms with Crippen molar-refractivity contribution >= 4 is 17.0 Å². The summed E-state index contributed by atoms with van der Waals surface area (Å²) >= 11 is 0. The zero-order valence-corrected chi connectivity index (χ0v) is 10.4. The average molecular weight is 202 g/mol. The molecule has 0 spiro atoms. The number of rotatable bonds is 3. The summed E-state index contributed by atoms with van der Waals surface area (Å²) in [7, 11) is -1.02. The van der Waals surface area contributed by atoms with E-state index in [1.165, 1.54) is 5.70 Å². The molecule has 0 aromatic carbocycles. The SMILES string of the molecule is C=C[Si](C)(C)OC.C=C[Si](C)=O. The maximum Gasteiger partial charge on any atom is 0.300 e.